The molecule has 9 heteroatoms. The van der Waals surface area contributed by atoms with Crippen LogP contribution < -0.4 is 11.2 Å². The Morgan fingerprint density at radius 3 is 1.82 bits per heavy atom. The number of hydrogen-bond donors (Lipinski definition) is 1. The predicted octanol–water partition coefficient (Wildman–Crippen LogP) is 3.96. The van der Waals surface area contributed by atoms with Gasteiger partial charge in [-0.2, -0.15) is 4.39 Å². The lowest BCUT2D eigenvalue weighted by atomic mass is 10.1. The van der Waals surface area contributed by atoms with E-state index >= 15 is 0 Å². The molecular formula is C30H29FN2O6. The molecule has 0 unspecified atom stereocenters. The highest BCUT2D eigenvalue weighted by molar-refractivity contribution is 5.15. The quantitative estimate of drug-likeness (QED) is 0.315. The summed E-state index contributed by atoms with van der Waals surface area (Å²) < 4.78 is 40.2. The summed E-state index contributed by atoms with van der Waals surface area (Å²) >= 11 is 0. The van der Waals surface area contributed by atoms with Gasteiger partial charge in [-0.15, -0.1) is 0 Å². The monoisotopic (exact) mass is 532 g/mol. The smallest absolute Gasteiger partial charge is 0.330 e. The van der Waals surface area contributed by atoms with Crippen LogP contribution in [0.25, 0.3) is 0 Å². The molecule has 2 heterocycles. The van der Waals surface area contributed by atoms with Gasteiger partial charge in [0.05, 0.1) is 32.6 Å². The number of halogens is 1. The van der Waals surface area contributed by atoms with Crippen LogP contribution in [0.15, 0.2) is 107 Å². The molecule has 39 heavy (non-hydrogen) atoms. The van der Waals surface area contributed by atoms with E-state index in [9.17, 15) is 14.0 Å². The van der Waals surface area contributed by atoms with Crippen molar-refractivity contribution in [2.24, 2.45) is 0 Å². The van der Waals surface area contributed by atoms with Crippen molar-refractivity contribution in [1.82, 2.24) is 9.55 Å². The van der Waals surface area contributed by atoms with Crippen LogP contribution in [0.3, 0.4) is 0 Å². The molecular weight excluding hydrogens is 503 g/mol. The summed E-state index contributed by atoms with van der Waals surface area (Å²) in [5, 5.41) is 0. The first-order chi connectivity index (χ1) is 19.1. The number of rotatable bonds is 11. The zero-order chi connectivity index (χ0) is 27.0. The number of nitrogens with one attached hydrogen (secondary N) is 1. The maximum Gasteiger partial charge on any atom is 0.330 e. The van der Waals surface area contributed by atoms with Crippen LogP contribution in [-0.2, 0) is 38.8 Å². The Kier molecular flexibility index (Phi) is 8.75. The third-order valence-corrected chi connectivity index (χ3v) is 6.45. The van der Waals surface area contributed by atoms with E-state index in [4.69, 9.17) is 18.9 Å². The van der Waals surface area contributed by atoms with Crippen LogP contribution >= 0.6 is 0 Å². The summed E-state index contributed by atoms with van der Waals surface area (Å²) in [6, 6.07) is 28.8. The molecule has 202 valence electrons. The van der Waals surface area contributed by atoms with Crippen LogP contribution in [0.4, 0.5) is 4.39 Å². The minimum absolute atomic E-state index is 0.136. The first kappa shape index (κ1) is 26.7. The van der Waals surface area contributed by atoms with E-state index in [2.05, 4.69) is 0 Å². The molecule has 1 aliphatic heterocycles. The first-order valence-electron chi connectivity index (χ1n) is 12.7. The SMILES string of the molecule is O=c1[nH]c(=O)n([C@@H]2O[C@H](COCc3ccccc3)[C@@H](OCc3ccccc3)[C@H]2OCc2ccccc2)cc1F. The minimum atomic E-state index is -1.11. The van der Waals surface area contributed by atoms with Crippen LogP contribution in [-0.4, -0.2) is 34.5 Å². The second kappa shape index (κ2) is 12.8. The lowest BCUT2D eigenvalue weighted by Crippen LogP contribution is -2.41. The summed E-state index contributed by atoms with van der Waals surface area (Å²) in [7, 11) is 0. The number of hydrogen-bond acceptors (Lipinski definition) is 6. The van der Waals surface area contributed by atoms with Gasteiger partial charge in [0.25, 0.3) is 5.56 Å². The molecule has 1 fully saturated rings. The Morgan fingerprint density at radius 1 is 0.744 bits per heavy atom. The summed E-state index contributed by atoms with van der Waals surface area (Å²) in [6.45, 7) is 0.946. The Labute approximate surface area is 224 Å². The molecule has 0 spiro atoms. The van der Waals surface area contributed by atoms with Crippen molar-refractivity contribution in [3.05, 3.63) is 141 Å². The van der Waals surface area contributed by atoms with Crippen molar-refractivity contribution in [3.63, 3.8) is 0 Å². The Balaban J connectivity index is 1.43. The van der Waals surface area contributed by atoms with Crippen molar-refractivity contribution >= 4 is 0 Å². The molecule has 0 radical (unpaired) electrons. The lowest BCUT2D eigenvalue weighted by Gasteiger charge is -2.25. The third kappa shape index (κ3) is 6.76. The van der Waals surface area contributed by atoms with Crippen molar-refractivity contribution in [2.45, 2.75) is 44.4 Å². The molecule has 1 N–H and O–H groups in total. The van der Waals surface area contributed by atoms with E-state index in [1.165, 1.54) is 0 Å². The van der Waals surface area contributed by atoms with Crippen LogP contribution in [0.5, 0.6) is 0 Å². The van der Waals surface area contributed by atoms with Gasteiger partial charge in [-0.05, 0) is 16.7 Å². The fourth-order valence-corrected chi connectivity index (χ4v) is 4.50. The number of aromatic nitrogens is 2. The zero-order valence-corrected chi connectivity index (χ0v) is 21.2. The predicted molar refractivity (Wildman–Crippen MR) is 141 cm³/mol. The zero-order valence-electron chi connectivity index (χ0n) is 21.2. The standard InChI is InChI=1S/C30H29FN2O6/c31-24-16-33(30(35)32-28(24)34)29-27(38-19-23-14-8-3-9-15-23)26(37-18-22-12-6-2-7-13-22)25(39-29)20-36-17-21-10-4-1-5-11-21/h1-16,25-27,29H,17-20H2,(H,32,34,35)/t25-,26-,27-,29-/m1/s1. The first-order valence-corrected chi connectivity index (χ1v) is 12.7. The highest BCUT2D eigenvalue weighted by Crippen LogP contribution is 2.34. The van der Waals surface area contributed by atoms with Crippen LogP contribution in [0, 0.1) is 5.82 Å². The summed E-state index contributed by atoms with van der Waals surface area (Å²) in [4.78, 5) is 26.4. The average Bonchev–Trinajstić information content (AvgIpc) is 3.31. The molecule has 5 rings (SSSR count). The molecule has 4 aromatic rings. The van der Waals surface area contributed by atoms with Crippen molar-refractivity contribution in [1.29, 1.82) is 0 Å². The normalized spacial score (nSPS) is 20.7. The molecule has 0 amide bonds. The van der Waals surface area contributed by atoms with Gasteiger partial charge >= 0.3 is 5.69 Å². The lowest BCUT2D eigenvalue weighted by molar-refractivity contribution is -0.0922. The van der Waals surface area contributed by atoms with Gasteiger partial charge in [-0.25, -0.2) is 4.79 Å². The summed E-state index contributed by atoms with van der Waals surface area (Å²) in [6.07, 6.45) is -2.37. The number of ether oxygens (including phenoxy) is 4. The highest BCUT2D eigenvalue weighted by atomic mass is 19.1. The van der Waals surface area contributed by atoms with E-state index in [0.29, 0.717) is 6.61 Å². The van der Waals surface area contributed by atoms with Gasteiger partial charge in [0.1, 0.15) is 18.3 Å². The van der Waals surface area contributed by atoms with Crippen molar-refractivity contribution in [3.8, 4) is 0 Å². The summed E-state index contributed by atoms with van der Waals surface area (Å²) in [5.41, 5.74) is 0.924. The number of benzene rings is 3. The van der Waals surface area contributed by atoms with E-state index in [1.807, 2.05) is 96.0 Å². The van der Waals surface area contributed by atoms with Crippen LogP contribution in [0.1, 0.15) is 22.9 Å². The topological polar surface area (TPSA) is 91.8 Å². The third-order valence-electron chi connectivity index (χ3n) is 6.45. The van der Waals surface area contributed by atoms with Gasteiger partial charge in [0.15, 0.2) is 6.23 Å². The van der Waals surface area contributed by atoms with Gasteiger partial charge in [0, 0.05) is 0 Å². The fourth-order valence-electron chi connectivity index (χ4n) is 4.50. The Morgan fingerprint density at radius 2 is 1.26 bits per heavy atom. The fraction of sp³-hybridized carbons (Fsp3) is 0.267. The maximum absolute atomic E-state index is 14.3. The molecule has 0 saturated carbocycles. The van der Waals surface area contributed by atoms with E-state index in [-0.39, 0.29) is 19.8 Å². The molecule has 8 nitrogen and oxygen atoms in total. The van der Waals surface area contributed by atoms with Crippen LogP contribution in [0.2, 0.25) is 0 Å². The number of H-pyrrole nitrogens is 1. The number of aromatic amines is 1. The second-order valence-corrected chi connectivity index (χ2v) is 9.23. The van der Waals surface area contributed by atoms with Gasteiger partial charge in [0.2, 0.25) is 5.82 Å². The molecule has 4 atom stereocenters. The second-order valence-electron chi connectivity index (χ2n) is 9.23. The Bertz CT molecular complexity index is 1450. The molecule has 0 aliphatic carbocycles. The molecule has 0 bridgehead atoms. The van der Waals surface area contributed by atoms with Gasteiger partial charge in [-0.3, -0.25) is 14.3 Å². The van der Waals surface area contributed by atoms with Gasteiger partial charge < -0.3 is 18.9 Å². The average molecular weight is 533 g/mol. The molecule has 1 saturated heterocycles. The van der Waals surface area contributed by atoms with E-state index < -0.39 is 41.6 Å². The highest BCUT2D eigenvalue weighted by Gasteiger charge is 2.48. The van der Waals surface area contributed by atoms with Crippen molar-refractivity contribution in [2.75, 3.05) is 6.61 Å². The summed E-state index contributed by atoms with van der Waals surface area (Å²) in [5.74, 6) is -1.11. The molecule has 1 aliphatic rings. The van der Waals surface area contributed by atoms with Gasteiger partial charge in [-0.1, -0.05) is 91.0 Å². The largest absolute Gasteiger partial charge is 0.374 e. The van der Waals surface area contributed by atoms with E-state index in [0.717, 1.165) is 27.5 Å². The maximum atomic E-state index is 14.3. The number of nitrogens with zero attached hydrogens (tertiary/aromatic N) is 1. The molecule has 3 aromatic carbocycles. The molecule has 1 aromatic heterocycles. The van der Waals surface area contributed by atoms with E-state index in [1.54, 1.807) is 0 Å². The Hall–Kier alpha value is -3.89. The minimum Gasteiger partial charge on any atom is -0.374 e. The van der Waals surface area contributed by atoms with Crippen molar-refractivity contribution < 1.29 is 23.3 Å².